The standard InChI is InChI=1S/C19H16BrN9O/c1-10(28-9-24-14-15(21)22-8-23-18(14)28)17-25-16-13(12(7-20)26-27-16)19(30)29(17)11-5-3-2-4-6-11/h2-6,8-10H,7H2,1H3,(H,26,27)(H2,21,22,23). The lowest BCUT2D eigenvalue weighted by molar-refractivity contribution is 0.589. The molecule has 1 unspecified atom stereocenters. The van der Waals surface area contributed by atoms with Crippen molar-refractivity contribution in [3.63, 3.8) is 0 Å². The van der Waals surface area contributed by atoms with Gasteiger partial charge in [0.1, 0.15) is 23.1 Å². The number of para-hydroxylation sites is 1. The molecule has 30 heavy (non-hydrogen) atoms. The van der Waals surface area contributed by atoms with E-state index >= 15 is 0 Å². The van der Waals surface area contributed by atoms with Gasteiger partial charge in [-0.3, -0.25) is 14.5 Å². The number of H-pyrrole nitrogens is 1. The number of hydrogen-bond donors (Lipinski definition) is 2. The molecule has 0 spiro atoms. The normalized spacial score (nSPS) is 12.6. The zero-order chi connectivity index (χ0) is 20.8. The number of nitrogens with two attached hydrogens (primary N) is 1. The van der Waals surface area contributed by atoms with Crippen molar-refractivity contribution >= 4 is 43.9 Å². The lowest BCUT2D eigenvalue weighted by Crippen LogP contribution is -2.27. The van der Waals surface area contributed by atoms with Gasteiger partial charge in [0.15, 0.2) is 17.1 Å². The third kappa shape index (κ3) is 2.70. The molecule has 4 aromatic heterocycles. The van der Waals surface area contributed by atoms with E-state index in [0.29, 0.717) is 50.6 Å². The van der Waals surface area contributed by atoms with Gasteiger partial charge in [-0.1, -0.05) is 34.1 Å². The second kappa shape index (κ2) is 7.02. The third-order valence-electron chi connectivity index (χ3n) is 5.01. The van der Waals surface area contributed by atoms with E-state index in [1.165, 1.54) is 6.33 Å². The second-order valence-corrected chi connectivity index (χ2v) is 7.30. The third-order valence-corrected chi connectivity index (χ3v) is 5.58. The fourth-order valence-corrected chi connectivity index (χ4v) is 3.93. The van der Waals surface area contributed by atoms with Crippen molar-refractivity contribution in [2.75, 3.05) is 5.73 Å². The van der Waals surface area contributed by atoms with E-state index in [0.717, 1.165) is 0 Å². The molecule has 0 saturated heterocycles. The number of rotatable bonds is 4. The van der Waals surface area contributed by atoms with Crippen LogP contribution in [0.5, 0.6) is 0 Å². The highest BCUT2D eigenvalue weighted by atomic mass is 79.9. The summed E-state index contributed by atoms with van der Waals surface area (Å²) in [5.41, 5.74) is 8.54. The molecule has 3 N–H and O–H groups in total. The van der Waals surface area contributed by atoms with Gasteiger partial charge in [-0.05, 0) is 19.1 Å². The van der Waals surface area contributed by atoms with Crippen molar-refractivity contribution in [3.05, 3.63) is 64.9 Å². The fourth-order valence-electron chi connectivity index (χ4n) is 3.53. The summed E-state index contributed by atoms with van der Waals surface area (Å²) in [4.78, 5) is 30.9. The maximum atomic E-state index is 13.6. The second-order valence-electron chi connectivity index (χ2n) is 6.74. The number of halogens is 1. The summed E-state index contributed by atoms with van der Waals surface area (Å²) < 4.78 is 3.42. The van der Waals surface area contributed by atoms with Crippen LogP contribution >= 0.6 is 15.9 Å². The van der Waals surface area contributed by atoms with Crippen molar-refractivity contribution in [1.29, 1.82) is 0 Å². The Kier molecular flexibility index (Phi) is 4.31. The number of anilines is 1. The minimum Gasteiger partial charge on any atom is -0.382 e. The summed E-state index contributed by atoms with van der Waals surface area (Å²) in [6.45, 7) is 1.92. The largest absolute Gasteiger partial charge is 0.382 e. The van der Waals surface area contributed by atoms with Gasteiger partial charge in [-0.25, -0.2) is 19.9 Å². The molecule has 0 saturated carbocycles. The molecule has 5 aromatic rings. The van der Waals surface area contributed by atoms with Crippen LogP contribution in [0.2, 0.25) is 0 Å². The highest BCUT2D eigenvalue weighted by Gasteiger charge is 2.24. The van der Waals surface area contributed by atoms with E-state index in [9.17, 15) is 4.79 Å². The highest BCUT2D eigenvalue weighted by molar-refractivity contribution is 9.08. The molecule has 0 aliphatic heterocycles. The Morgan fingerprint density at radius 2 is 2.00 bits per heavy atom. The van der Waals surface area contributed by atoms with Crippen LogP contribution in [0.1, 0.15) is 24.5 Å². The first-order chi connectivity index (χ1) is 14.6. The zero-order valence-electron chi connectivity index (χ0n) is 15.8. The van der Waals surface area contributed by atoms with Gasteiger partial charge >= 0.3 is 0 Å². The van der Waals surface area contributed by atoms with Crippen LogP contribution in [-0.4, -0.2) is 39.3 Å². The predicted octanol–water partition coefficient (Wildman–Crippen LogP) is 2.33. The first kappa shape index (κ1) is 18.4. The number of alkyl halides is 1. The number of aromatic nitrogens is 8. The Labute approximate surface area is 177 Å². The van der Waals surface area contributed by atoms with E-state index in [1.54, 1.807) is 10.9 Å². The maximum Gasteiger partial charge on any atom is 0.269 e. The topological polar surface area (TPSA) is 133 Å². The van der Waals surface area contributed by atoms with E-state index < -0.39 is 0 Å². The van der Waals surface area contributed by atoms with Gasteiger partial charge in [-0.2, -0.15) is 5.10 Å². The van der Waals surface area contributed by atoms with Crippen LogP contribution < -0.4 is 11.3 Å². The molecular formula is C19H16BrN9O. The molecule has 0 amide bonds. The molecule has 0 bridgehead atoms. The van der Waals surface area contributed by atoms with E-state index in [1.807, 2.05) is 41.8 Å². The smallest absolute Gasteiger partial charge is 0.269 e. The van der Waals surface area contributed by atoms with Gasteiger partial charge in [0.05, 0.1) is 23.8 Å². The average Bonchev–Trinajstić information content (AvgIpc) is 3.39. The monoisotopic (exact) mass is 465 g/mol. The van der Waals surface area contributed by atoms with Crippen LogP contribution in [0.3, 0.4) is 0 Å². The quantitative estimate of drug-likeness (QED) is 0.389. The van der Waals surface area contributed by atoms with Gasteiger partial charge in [0.25, 0.3) is 5.56 Å². The lowest BCUT2D eigenvalue weighted by Gasteiger charge is -2.19. The van der Waals surface area contributed by atoms with Crippen molar-refractivity contribution in [2.24, 2.45) is 0 Å². The molecular weight excluding hydrogens is 450 g/mol. The number of fused-ring (bicyclic) bond motifs is 2. The number of imidazole rings is 1. The van der Waals surface area contributed by atoms with Crippen LogP contribution in [0, 0.1) is 0 Å². The molecule has 4 heterocycles. The van der Waals surface area contributed by atoms with Crippen molar-refractivity contribution in [3.8, 4) is 5.69 Å². The Bertz CT molecular complexity index is 1440. The lowest BCUT2D eigenvalue weighted by atomic mass is 10.2. The minimum atomic E-state index is -0.384. The van der Waals surface area contributed by atoms with Crippen molar-refractivity contribution in [2.45, 2.75) is 18.3 Å². The number of nitrogens with one attached hydrogen (secondary N) is 1. The van der Waals surface area contributed by atoms with Gasteiger partial charge in [0, 0.05) is 5.33 Å². The summed E-state index contributed by atoms with van der Waals surface area (Å²) in [7, 11) is 0. The predicted molar refractivity (Wildman–Crippen MR) is 116 cm³/mol. The number of hydrogen-bond acceptors (Lipinski definition) is 7. The van der Waals surface area contributed by atoms with Crippen molar-refractivity contribution in [1.82, 2.24) is 39.3 Å². The van der Waals surface area contributed by atoms with Crippen LogP contribution in [0.15, 0.2) is 47.8 Å². The summed E-state index contributed by atoms with van der Waals surface area (Å²) >= 11 is 3.40. The first-order valence-electron chi connectivity index (χ1n) is 9.14. The molecule has 0 radical (unpaired) electrons. The molecule has 150 valence electrons. The van der Waals surface area contributed by atoms with E-state index in [4.69, 9.17) is 10.7 Å². The molecule has 0 aliphatic rings. The number of nitrogen functional groups attached to an aromatic ring is 1. The molecule has 1 aromatic carbocycles. The van der Waals surface area contributed by atoms with Crippen LogP contribution in [0.25, 0.3) is 27.9 Å². The Morgan fingerprint density at radius 3 is 2.77 bits per heavy atom. The van der Waals surface area contributed by atoms with Crippen LogP contribution in [0.4, 0.5) is 5.82 Å². The van der Waals surface area contributed by atoms with E-state index in [-0.39, 0.29) is 11.6 Å². The summed E-state index contributed by atoms with van der Waals surface area (Å²) in [5.74, 6) is 0.798. The van der Waals surface area contributed by atoms with Crippen LogP contribution in [-0.2, 0) is 5.33 Å². The molecule has 11 heteroatoms. The van der Waals surface area contributed by atoms with Gasteiger partial charge < -0.3 is 10.3 Å². The number of benzene rings is 1. The summed E-state index contributed by atoms with van der Waals surface area (Å²) in [6, 6.07) is 9.00. The zero-order valence-corrected chi connectivity index (χ0v) is 17.4. The highest BCUT2D eigenvalue weighted by Crippen LogP contribution is 2.25. The number of nitrogens with zero attached hydrogens (tertiary/aromatic N) is 7. The molecule has 0 aliphatic carbocycles. The molecule has 10 nitrogen and oxygen atoms in total. The Balaban J connectivity index is 1.81. The summed E-state index contributed by atoms with van der Waals surface area (Å²) in [6.07, 6.45) is 3.01. The van der Waals surface area contributed by atoms with Crippen molar-refractivity contribution < 1.29 is 0 Å². The first-order valence-corrected chi connectivity index (χ1v) is 10.3. The van der Waals surface area contributed by atoms with Gasteiger partial charge in [0.2, 0.25) is 0 Å². The average molecular weight is 466 g/mol. The molecule has 0 fully saturated rings. The molecule has 1 atom stereocenters. The fraction of sp³-hybridized carbons (Fsp3) is 0.158. The van der Waals surface area contributed by atoms with Gasteiger partial charge in [-0.15, -0.1) is 0 Å². The Hall–Kier alpha value is -3.60. The minimum absolute atomic E-state index is 0.199. The Morgan fingerprint density at radius 1 is 1.20 bits per heavy atom. The molecule has 5 rings (SSSR count). The summed E-state index contributed by atoms with van der Waals surface area (Å²) in [5, 5.41) is 8.05. The van der Waals surface area contributed by atoms with E-state index in [2.05, 4.69) is 41.1 Å². The SMILES string of the molecule is CC(c1nc2n[nH]c(CBr)c2c(=O)n1-c1ccccc1)n1cnc2c(N)ncnc21. The number of aromatic amines is 1. The maximum absolute atomic E-state index is 13.6.